The Morgan fingerprint density at radius 1 is 1.06 bits per heavy atom. The third-order valence-electron chi connectivity index (χ3n) is 4.36. The summed E-state index contributed by atoms with van der Waals surface area (Å²) in [6.45, 7) is 0. The Morgan fingerprint density at radius 3 is 2.62 bits per heavy atom. The minimum absolute atomic E-state index is 0.0468. The summed E-state index contributed by atoms with van der Waals surface area (Å²) in [4.78, 5) is 39.1. The van der Waals surface area contributed by atoms with Gasteiger partial charge in [0, 0.05) is 22.2 Å². The summed E-state index contributed by atoms with van der Waals surface area (Å²) in [6.07, 6.45) is 1.51. The molecule has 0 radical (unpaired) electrons. The first-order chi connectivity index (χ1) is 15.4. The molecular formula is C23H13BrN2O6. The third-order valence-corrected chi connectivity index (χ3v) is 4.85. The van der Waals surface area contributed by atoms with Crippen LogP contribution in [0.4, 0.5) is 5.69 Å². The lowest BCUT2D eigenvalue weighted by molar-refractivity contribution is -0.384. The summed E-state index contributed by atoms with van der Waals surface area (Å²) >= 11 is 3.36. The van der Waals surface area contributed by atoms with Gasteiger partial charge in [-0.3, -0.25) is 10.1 Å². The molecule has 0 unspecified atom stereocenters. The number of rotatable bonds is 5. The largest absolute Gasteiger partial charge is 0.423 e. The number of aliphatic imine (C=N–C) groups is 1. The molecule has 3 aromatic carbocycles. The van der Waals surface area contributed by atoms with E-state index >= 15 is 0 Å². The molecule has 0 aliphatic carbocycles. The van der Waals surface area contributed by atoms with E-state index in [1.807, 2.05) is 6.07 Å². The van der Waals surface area contributed by atoms with Crippen LogP contribution in [0.15, 0.2) is 88.0 Å². The number of nitrogens with zero attached hydrogens (tertiary/aromatic N) is 2. The number of esters is 2. The Bertz CT molecular complexity index is 1320. The average Bonchev–Trinajstić information content (AvgIpc) is 3.14. The fourth-order valence-electron chi connectivity index (χ4n) is 2.89. The van der Waals surface area contributed by atoms with E-state index < -0.39 is 16.9 Å². The van der Waals surface area contributed by atoms with Crippen LogP contribution in [-0.2, 0) is 9.53 Å². The number of benzene rings is 3. The van der Waals surface area contributed by atoms with Crippen LogP contribution in [0.25, 0.3) is 6.08 Å². The number of cyclic esters (lactones) is 1. The normalized spacial score (nSPS) is 14.1. The second-order valence-corrected chi connectivity index (χ2v) is 7.53. The molecule has 0 bridgehead atoms. The molecule has 3 aromatic rings. The van der Waals surface area contributed by atoms with E-state index in [0.29, 0.717) is 11.1 Å². The summed E-state index contributed by atoms with van der Waals surface area (Å²) in [5.41, 5.74) is 1.14. The van der Waals surface area contributed by atoms with Crippen LogP contribution in [0, 0.1) is 10.1 Å². The smallest absolute Gasteiger partial charge is 0.363 e. The number of halogens is 1. The van der Waals surface area contributed by atoms with Crippen LogP contribution in [-0.4, -0.2) is 22.8 Å². The number of non-ortho nitro benzene ring substituents is 1. The number of hydrogen-bond acceptors (Lipinski definition) is 7. The fraction of sp³-hybridized carbons (Fsp3) is 0. The lowest BCUT2D eigenvalue weighted by atomic mass is 10.1. The Hall–Kier alpha value is -4.11. The van der Waals surface area contributed by atoms with Crippen LogP contribution < -0.4 is 4.74 Å². The molecule has 0 amide bonds. The summed E-state index contributed by atoms with van der Waals surface area (Å²) in [5, 5.41) is 10.9. The molecule has 32 heavy (non-hydrogen) atoms. The Morgan fingerprint density at radius 2 is 1.84 bits per heavy atom. The van der Waals surface area contributed by atoms with Crippen LogP contribution in [0.5, 0.6) is 5.75 Å². The highest BCUT2D eigenvalue weighted by molar-refractivity contribution is 9.10. The zero-order valence-corrected chi connectivity index (χ0v) is 17.8. The molecule has 0 fully saturated rings. The zero-order valence-electron chi connectivity index (χ0n) is 16.2. The number of nitro benzene ring substituents is 1. The van der Waals surface area contributed by atoms with Gasteiger partial charge in [0.1, 0.15) is 5.75 Å². The summed E-state index contributed by atoms with van der Waals surface area (Å²) < 4.78 is 11.4. The highest BCUT2D eigenvalue weighted by Gasteiger charge is 2.24. The number of carbonyl (C=O) groups is 2. The van der Waals surface area contributed by atoms with Crippen LogP contribution in [0.1, 0.15) is 21.5 Å². The van der Waals surface area contributed by atoms with Crippen molar-refractivity contribution >= 4 is 45.5 Å². The van der Waals surface area contributed by atoms with Crippen molar-refractivity contribution in [1.82, 2.24) is 0 Å². The van der Waals surface area contributed by atoms with Crippen molar-refractivity contribution in [3.63, 3.8) is 0 Å². The minimum atomic E-state index is -0.742. The van der Waals surface area contributed by atoms with Gasteiger partial charge < -0.3 is 9.47 Å². The van der Waals surface area contributed by atoms with Crippen LogP contribution in [0.3, 0.4) is 0 Å². The highest BCUT2D eigenvalue weighted by atomic mass is 79.9. The number of ether oxygens (including phenoxy) is 2. The molecule has 0 aromatic heterocycles. The first-order valence-corrected chi connectivity index (χ1v) is 10.0. The van der Waals surface area contributed by atoms with E-state index in [-0.39, 0.29) is 28.6 Å². The highest BCUT2D eigenvalue weighted by Crippen LogP contribution is 2.23. The maximum Gasteiger partial charge on any atom is 0.363 e. The molecule has 4 rings (SSSR count). The van der Waals surface area contributed by atoms with E-state index in [0.717, 1.165) is 10.5 Å². The molecule has 0 spiro atoms. The van der Waals surface area contributed by atoms with Crippen molar-refractivity contribution in [3.05, 3.63) is 110 Å². The van der Waals surface area contributed by atoms with Crippen molar-refractivity contribution in [2.75, 3.05) is 0 Å². The maximum atomic E-state index is 12.4. The Kier molecular flexibility index (Phi) is 5.91. The van der Waals surface area contributed by atoms with Crippen molar-refractivity contribution in [2.45, 2.75) is 0 Å². The Balaban J connectivity index is 1.55. The van der Waals surface area contributed by atoms with Gasteiger partial charge in [-0.15, -0.1) is 0 Å². The molecule has 158 valence electrons. The van der Waals surface area contributed by atoms with Gasteiger partial charge >= 0.3 is 11.9 Å². The average molecular weight is 493 g/mol. The Labute approximate surface area is 190 Å². The number of carbonyl (C=O) groups excluding carboxylic acids is 2. The van der Waals surface area contributed by atoms with E-state index in [1.165, 1.54) is 24.3 Å². The number of hydrogen-bond donors (Lipinski definition) is 0. The molecule has 0 saturated heterocycles. The number of nitro groups is 1. The van der Waals surface area contributed by atoms with Gasteiger partial charge in [0.15, 0.2) is 5.70 Å². The van der Waals surface area contributed by atoms with E-state index in [4.69, 9.17) is 9.47 Å². The molecule has 8 nitrogen and oxygen atoms in total. The molecular weight excluding hydrogens is 480 g/mol. The standard InChI is InChI=1S/C23H13BrN2O6/c24-17-7-2-5-15(12-17)21-25-20(23(28)32-21)11-14-4-1-9-19(10-14)31-22(27)16-6-3-8-18(13-16)26(29)30/h1-13H/b20-11-. The van der Waals surface area contributed by atoms with Gasteiger partial charge in [-0.25, -0.2) is 14.6 Å². The molecule has 1 aliphatic rings. The molecule has 0 N–H and O–H groups in total. The van der Waals surface area contributed by atoms with Gasteiger partial charge in [0.2, 0.25) is 5.90 Å². The lowest BCUT2D eigenvalue weighted by Crippen LogP contribution is -2.08. The van der Waals surface area contributed by atoms with Crippen molar-refractivity contribution in [2.24, 2.45) is 4.99 Å². The summed E-state index contributed by atoms with van der Waals surface area (Å²) in [5.74, 6) is -0.943. The fourth-order valence-corrected chi connectivity index (χ4v) is 3.29. The van der Waals surface area contributed by atoms with Gasteiger partial charge in [-0.05, 0) is 48.0 Å². The molecule has 1 heterocycles. The zero-order chi connectivity index (χ0) is 22.7. The molecule has 0 atom stereocenters. The van der Waals surface area contributed by atoms with Crippen molar-refractivity contribution in [3.8, 4) is 5.75 Å². The van der Waals surface area contributed by atoms with Crippen molar-refractivity contribution < 1.29 is 24.0 Å². The second-order valence-electron chi connectivity index (χ2n) is 6.62. The van der Waals surface area contributed by atoms with Gasteiger partial charge in [0.05, 0.1) is 10.5 Å². The maximum absolute atomic E-state index is 12.4. The van der Waals surface area contributed by atoms with E-state index in [2.05, 4.69) is 20.9 Å². The molecule has 0 saturated carbocycles. The van der Waals surface area contributed by atoms with E-state index in [9.17, 15) is 19.7 Å². The first kappa shape index (κ1) is 21.1. The van der Waals surface area contributed by atoms with Crippen LogP contribution in [0.2, 0.25) is 0 Å². The molecule has 9 heteroatoms. The molecule has 1 aliphatic heterocycles. The predicted octanol–water partition coefficient (Wildman–Crippen LogP) is 4.92. The van der Waals surface area contributed by atoms with Gasteiger partial charge in [-0.2, -0.15) is 0 Å². The summed E-state index contributed by atoms with van der Waals surface area (Å²) in [7, 11) is 0. The van der Waals surface area contributed by atoms with Gasteiger partial charge in [-0.1, -0.05) is 40.2 Å². The SMILES string of the molecule is O=C1OC(c2cccc(Br)c2)=N/C1=C\c1cccc(OC(=O)c2cccc([N+](=O)[O-])c2)c1. The lowest BCUT2D eigenvalue weighted by Gasteiger charge is -2.05. The van der Waals surface area contributed by atoms with Crippen molar-refractivity contribution in [1.29, 1.82) is 0 Å². The third kappa shape index (κ3) is 4.79. The second kappa shape index (κ2) is 8.94. The van der Waals surface area contributed by atoms with Gasteiger partial charge in [0.25, 0.3) is 5.69 Å². The predicted molar refractivity (Wildman–Crippen MR) is 119 cm³/mol. The monoisotopic (exact) mass is 492 g/mol. The quantitative estimate of drug-likeness (QED) is 0.164. The summed E-state index contributed by atoms with van der Waals surface area (Å²) in [6, 6.07) is 18.9. The first-order valence-electron chi connectivity index (χ1n) is 9.24. The minimum Gasteiger partial charge on any atom is -0.423 e. The van der Waals surface area contributed by atoms with E-state index in [1.54, 1.807) is 42.5 Å². The topological polar surface area (TPSA) is 108 Å². The van der Waals surface area contributed by atoms with Crippen LogP contribution >= 0.6 is 15.9 Å².